The van der Waals surface area contributed by atoms with Gasteiger partial charge in [0.05, 0.1) is 16.3 Å². The Labute approximate surface area is 152 Å². The fourth-order valence-corrected chi connectivity index (χ4v) is 3.37. The molecule has 0 spiro atoms. The van der Waals surface area contributed by atoms with Crippen LogP contribution in [0.4, 0.5) is 9.52 Å². The minimum Gasteiger partial charge on any atom is -0.298 e. The molecule has 122 valence electrons. The maximum Gasteiger partial charge on any atom is 0.258 e. The number of aromatic nitrogens is 1. The highest BCUT2D eigenvalue weighted by molar-refractivity contribution is 7.16. The van der Waals surface area contributed by atoms with Crippen LogP contribution in [0.15, 0.2) is 42.5 Å². The average molecular weight is 381 g/mol. The lowest BCUT2D eigenvalue weighted by molar-refractivity contribution is 0.102. The highest BCUT2D eigenvalue weighted by Gasteiger charge is 2.15. The number of nitrogens with zero attached hydrogens (tertiary/aromatic N) is 1. The molecule has 3 nitrogen and oxygen atoms in total. The summed E-state index contributed by atoms with van der Waals surface area (Å²) in [5.74, 6) is -0.928. The Morgan fingerprint density at radius 1 is 1.17 bits per heavy atom. The van der Waals surface area contributed by atoms with Crippen molar-refractivity contribution in [3.8, 4) is 11.3 Å². The van der Waals surface area contributed by atoms with E-state index in [1.54, 1.807) is 12.1 Å². The number of carbonyl (C=O) groups excluding carboxylic acids is 1. The van der Waals surface area contributed by atoms with Gasteiger partial charge in [0, 0.05) is 15.5 Å². The van der Waals surface area contributed by atoms with E-state index < -0.39 is 11.7 Å². The summed E-state index contributed by atoms with van der Waals surface area (Å²) in [5.41, 5.74) is 1.88. The highest BCUT2D eigenvalue weighted by Crippen LogP contribution is 2.31. The molecule has 1 N–H and O–H groups in total. The van der Waals surface area contributed by atoms with Crippen molar-refractivity contribution in [3.05, 3.63) is 68.8 Å². The monoisotopic (exact) mass is 380 g/mol. The third-order valence-corrected chi connectivity index (χ3v) is 4.76. The topological polar surface area (TPSA) is 42.0 Å². The molecule has 0 unspecified atom stereocenters. The van der Waals surface area contributed by atoms with Crippen LogP contribution >= 0.6 is 34.5 Å². The van der Waals surface area contributed by atoms with Crippen LogP contribution < -0.4 is 5.32 Å². The van der Waals surface area contributed by atoms with Gasteiger partial charge >= 0.3 is 0 Å². The van der Waals surface area contributed by atoms with Gasteiger partial charge in [-0.1, -0.05) is 35.3 Å². The number of hydrogen-bond acceptors (Lipinski definition) is 3. The largest absolute Gasteiger partial charge is 0.298 e. The van der Waals surface area contributed by atoms with Gasteiger partial charge in [-0.15, -0.1) is 11.3 Å². The minimum atomic E-state index is -0.494. The lowest BCUT2D eigenvalue weighted by atomic mass is 10.1. The van der Waals surface area contributed by atoms with Gasteiger partial charge in [0.1, 0.15) is 5.82 Å². The molecule has 7 heteroatoms. The zero-order chi connectivity index (χ0) is 17.3. The molecule has 24 heavy (non-hydrogen) atoms. The van der Waals surface area contributed by atoms with E-state index in [-0.39, 0.29) is 10.6 Å². The Hall–Kier alpha value is -1.95. The van der Waals surface area contributed by atoms with Crippen LogP contribution in [0, 0.1) is 12.7 Å². The van der Waals surface area contributed by atoms with Crippen molar-refractivity contribution in [2.24, 2.45) is 0 Å². The minimum absolute atomic E-state index is 0.0544. The first-order chi connectivity index (χ1) is 11.4. The number of rotatable bonds is 3. The van der Waals surface area contributed by atoms with E-state index in [0.29, 0.717) is 10.2 Å². The molecule has 0 saturated carbocycles. The summed E-state index contributed by atoms with van der Waals surface area (Å²) >= 11 is 13.2. The van der Waals surface area contributed by atoms with Crippen LogP contribution in [0.3, 0.4) is 0 Å². The molecule has 0 atom stereocenters. The number of thiazole rings is 1. The Bertz CT molecular complexity index is 909. The van der Waals surface area contributed by atoms with Crippen LogP contribution in [-0.2, 0) is 0 Å². The third-order valence-electron chi connectivity index (χ3n) is 3.31. The number of nitrogens with one attached hydrogen (secondary N) is 1. The average Bonchev–Trinajstić information content (AvgIpc) is 2.88. The summed E-state index contributed by atoms with van der Waals surface area (Å²) in [7, 11) is 0. The number of aryl methyl sites for hydroxylation is 1. The van der Waals surface area contributed by atoms with Gasteiger partial charge in [-0.3, -0.25) is 10.1 Å². The maximum atomic E-state index is 13.1. The Morgan fingerprint density at radius 3 is 2.54 bits per heavy atom. The second kappa shape index (κ2) is 6.89. The van der Waals surface area contributed by atoms with E-state index in [9.17, 15) is 9.18 Å². The first-order valence-electron chi connectivity index (χ1n) is 6.94. The second-order valence-electron chi connectivity index (χ2n) is 5.01. The van der Waals surface area contributed by atoms with Crippen molar-refractivity contribution >= 4 is 45.6 Å². The first kappa shape index (κ1) is 16.9. The van der Waals surface area contributed by atoms with E-state index >= 15 is 0 Å². The molecule has 3 rings (SSSR count). The summed E-state index contributed by atoms with van der Waals surface area (Å²) < 4.78 is 13.1. The number of halogens is 3. The first-order valence-corrected chi connectivity index (χ1v) is 8.51. The second-order valence-corrected chi connectivity index (χ2v) is 7.06. The molecule has 1 aromatic heterocycles. The molecule has 1 amide bonds. The van der Waals surface area contributed by atoms with E-state index in [2.05, 4.69) is 10.3 Å². The van der Waals surface area contributed by atoms with Crippen molar-refractivity contribution in [1.82, 2.24) is 4.98 Å². The fraction of sp³-hybridized carbons (Fsp3) is 0.0588. The molecule has 0 aliphatic rings. The quantitative estimate of drug-likeness (QED) is 0.622. The molecule has 0 aliphatic heterocycles. The number of carbonyl (C=O) groups is 1. The summed E-state index contributed by atoms with van der Waals surface area (Å²) in [6, 6.07) is 10.9. The summed E-state index contributed by atoms with van der Waals surface area (Å²) in [6.45, 7) is 1.92. The summed E-state index contributed by atoms with van der Waals surface area (Å²) in [5, 5.41) is 3.84. The standard InChI is InChI=1S/C17H11Cl2FN2OS/c1-9-15(10-2-4-11(18)5-3-10)21-17(24-9)22-16(23)13-7-6-12(20)8-14(13)19/h2-8H,1H3,(H,21,22,23). The lowest BCUT2D eigenvalue weighted by Crippen LogP contribution is -2.12. The highest BCUT2D eigenvalue weighted by atomic mass is 35.5. The lowest BCUT2D eigenvalue weighted by Gasteiger charge is -2.04. The van der Waals surface area contributed by atoms with Crippen molar-refractivity contribution < 1.29 is 9.18 Å². The van der Waals surface area contributed by atoms with Crippen LogP contribution in [0.1, 0.15) is 15.2 Å². The molecular weight excluding hydrogens is 370 g/mol. The molecule has 2 aromatic carbocycles. The smallest absolute Gasteiger partial charge is 0.258 e. The van der Waals surface area contributed by atoms with Gasteiger partial charge in [0.2, 0.25) is 0 Å². The predicted octanol–water partition coefficient (Wildman–Crippen LogP) is 5.82. The molecule has 1 heterocycles. The van der Waals surface area contributed by atoms with Gasteiger partial charge in [-0.2, -0.15) is 0 Å². The summed E-state index contributed by atoms with van der Waals surface area (Å²) in [6.07, 6.45) is 0. The zero-order valence-electron chi connectivity index (χ0n) is 12.4. The van der Waals surface area contributed by atoms with Gasteiger partial charge < -0.3 is 0 Å². The van der Waals surface area contributed by atoms with Crippen LogP contribution in [0.25, 0.3) is 11.3 Å². The maximum absolute atomic E-state index is 13.1. The number of benzene rings is 2. The molecule has 0 saturated heterocycles. The molecular formula is C17H11Cl2FN2OS. The van der Waals surface area contributed by atoms with Crippen molar-refractivity contribution in [3.63, 3.8) is 0 Å². The van der Waals surface area contributed by atoms with Gasteiger partial charge in [-0.05, 0) is 37.3 Å². The van der Waals surface area contributed by atoms with Gasteiger partial charge in [-0.25, -0.2) is 9.37 Å². The van der Waals surface area contributed by atoms with Crippen LogP contribution in [0.2, 0.25) is 10.0 Å². The van der Waals surface area contributed by atoms with E-state index in [1.807, 2.05) is 19.1 Å². The van der Waals surface area contributed by atoms with Crippen LogP contribution in [0.5, 0.6) is 0 Å². The predicted molar refractivity (Wildman–Crippen MR) is 96.7 cm³/mol. The number of anilines is 1. The molecule has 3 aromatic rings. The number of hydrogen-bond donors (Lipinski definition) is 1. The summed E-state index contributed by atoms with van der Waals surface area (Å²) in [4.78, 5) is 17.7. The Kier molecular flexibility index (Phi) is 4.85. The van der Waals surface area contributed by atoms with Crippen molar-refractivity contribution in [1.29, 1.82) is 0 Å². The Morgan fingerprint density at radius 2 is 1.88 bits per heavy atom. The van der Waals surface area contributed by atoms with Crippen LogP contribution in [-0.4, -0.2) is 10.9 Å². The van der Waals surface area contributed by atoms with E-state index in [4.69, 9.17) is 23.2 Å². The van der Waals surface area contributed by atoms with Gasteiger partial charge in [0.15, 0.2) is 5.13 Å². The zero-order valence-corrected chi connectivity index (χ0v) is 14.8. The van der Waals surface area contributed by atoms with E-state index in [1.165, 1.54) is 23.5 Å². The Balaban J connectivity index is 1.85. The normalized spacial score (nSPS) is 10.7. The molecule has 0 radical (unpaired) electrons. The van der Waals surface area contributed by atoms with Crippen molar-refractivity contribution in [2.75, 3.05) is 5.32 Å². The molecule has 0 fully saturated rings. The fourth-order valence-electron chi connectivity index (χ4n) is 2.16. The molecule has 0 bridgehead atoms. The number of amides is 1. The SMILES string of the molecule is Cc1sc(NC(=O)c2ccc(F)cc2Cl)nc1-c1ccc(Cl)cc1. The molecule has 0 aliphatic carbocycles. The van der Waals surface area contributed by atoms with E-state index in [0.717, 1.165) is 22.2 Å². The van der Waals surface area contributed by atoms with Gasteiger partial charge in [0.25, 0.3) is 5.91 Å². The van der Waals surface area contributed by atoms with Crippen molar-refractivity contribution in [2.45, 2.75) is 6.92 Å². The third kappa shape index (κ3) is 3.59.